The smallest absolute Gasteiger partial charge is 0.407 e. The second kappa shape index (κ2) is 48.6. The molecule has 4 aliphatic heterocycles. The van der Waals surface area contributed by atoms with E-state index in [4.69, 9.17) is 18.9 Å². The van der Waals surface area contributed by atoms with E-state index in [9.17, 15) is 57.5 Å². The molecule has 28 heteroatoms. The largest absolute Gasteiger partial charge is 0.447 e. The van der Waals surface area contributed by atoms with Crippen LogP contribution in [0.25, 0.3) is 44.5 Å². The van der Waals surface area contributed by atoms with E-state index in [0.717, 1.165) is 106 Å². The van der Waals surface area contributed by atoms with Crippen LogP contribution < -0.4 is 62.1 Å². The number of ether oxygens (including phenoxy) is 4. The molecule has 0 aromatic heterocycles. The Kier molecular flexibility index (Phi) is 36.7. The van der Waals surface area contributed by atoms with Crippen LogP contribution in [0.4, 0.5) is 64.7 Å². The Morgan fingerprint density at radius 2 is 0.567 bits per heavy atom. The van der Waals surface area contributed by atoms with Crippen molar-refractivity contribution in [3.8, 4) is 44.5 Å². The quantitative estimate of drug-likeness (QED) is 0.0292. The first kappa shape index (κ1) is 106. The van der Waals surface area contributed by atoms with Crippen LogP contribution in [0.2, 0.25) is 0 Å². The highest BCUT2D eigenvalue weighted by atomic mass is 16.6. The summed E-state index contributed by atoms with van der Waals surface area (Å²) in [6.45, 7) is 36.0. The number of aryl methyl sites for hydroxylation is 1. The van der Waals surface area contributed by atoms with Crippen LogP contribution in [0.15, 0.2) is 231 Å². The Bertz CT molecular complexity index is 6170. The Morgan fingerprint density at radius 1 is 0.312 bits per heavy atom. The molecule has 0 unspecified atom stereocenters. The van der Waals surface area contributed by atoms with E-state index in [0.29, 0.717) is 68.4 Å². The maximum Gasteiger partial charge on any atom is 0.407 e. The summed E-state index contributed by atoms with van der Waals surface area (Å²) in [4.78, 5) is 156. The summed E-state index contributed by atoms with van der Waals surface area (Å²) in [7, 11) is 0. The summed E-state index contributed by atoms with van der Waals surface area (Å²) in [6, 6.07) is 72.2. The molecule has 14 rings (SSSR count). The van der Waals surface area contributed by atoms with Crippen LogP contribution in [-0.4, -0.2) is 120 Å². The molecule has 0 bridgehead atoms. The van der Waals surface area contributed by atoms with Crippen molar-refractivity contribution in [2.75, 3.05) is 40.9 Å². The highest BCUT2D eigenvalue weighted by Gasteiger charge is 2.40. The van der Waals surface area contributed by atoms with E-state index in [1.807, 2.05) is 286 Å². The minimum absolute atomic E-state index is 0.0426. The van der Waals surface area contributed by atoms with Gasteiger partial charge in [-0.3, -0.25) is 38.4 Å². The Labute approximate surface area is 827 Å². The normalized spacial score (nSPS) is 17.0. The Hall–Kier alpha value is -15.0. The van der Waals surface area contributed by atoms with Gasteiger partial charge in [-0.25, -0.2) is 19.2 Å². The molecule has 0 spiro atoms. The standard InChI is InChI=1S/C31H35N3O4.C30H33N3O4.C27H35N3O4.C25H31N3O4/c1-20(2)38-31(37)33-28-17-21(3)34(22(4)35)29-15-14-25(19-27(28)29)24-11-8-12-26(18-24)32-30(36)16-13-23-9-6-5-7-10-23;1-19(2)37-30(36)32-27-15-20(3)33(21(4)34)28-14-13-24(18-26(27)28)23-11-8-12-25(17-23)31-29(35)16-22-9-6-5-7-10-22;1-16(2)34-26(33)29-23-13-17(3)30(18(4)31)24-12-11-20(15-22(23)24)19-9-8-10-21(14-19)28-25(32)27(5,6)7;1-6-24(30)26-20-9-7-8-18(13-20)19-10-11-23-21(14-19)22(27-25(31)32-15(2)3)12-16(4)28(23)17(5)29/h5-12,14-15,18-21,28H,13,16-17H2,1-4H3,(H,32,36)(H,33,37);5-14,17-20,27H,15-16H2,1-4H3,(H,31,35)(H,32,36);8-12,14-17,23H,13H2,1-7H3,(H,28,32)(H,29,33);7-11,13-16,22H,6,12H2,1-5H3,(H,26,30)(H,27,31)/t21-,28+;20-,27+;17-,23+;16-,22+/m0000/s1. The minimum atomic E-state index is -0.502. The van der Waals surface area contributed by atoms with Gasteiger partial charge in [0.2, 0.25) is 47.3 Å². The molecule has 742 valence electrons. The summed E-state index contributed by atoms with van der Waals surface area (Å²) < 4.78 is 21.2. The van der Waals surface area contributed by atoms with Crippen molar-refractivity contribution in [1.82, 2.24) is 21.3 Å². The lowest BCUT2D eigenvalue weighted by atomic mass is 9.89. The molecular weight excluding hydrogens is 1780 g/mol. The second-order valence-electron chi connectivity index (χ2n) is 38.3. The molecule has 10 aromatic rings. The van der Waals surface area contributed by atoms with E-state index >= 15 is 0 Å². The van der Waals surface area contributed by atoms with Crippen LogP contribution >= 0.6 is 0 Å². The lowest BCUT2D eigenvalue weighted by Gasteiger charge is -2.39. The van der Waals surface area contributed by atoms with Crippen molar-refractivity contribution in [1.29, 1.82) is 0 Å². The van der Waals surface area contributed by atoms with Gasteiger partial charge in [0, 0.05) is 116 Å². The number of anilines is 8. The third-order valence-corrected chi connectivity index (χ3v) is 24.2. The number of fused-ring (bicyclic) bond motifs is 4. The van der Waals surface area contributed by atoms with Gasteiger partial charge in [0.05, 0.1) is 55.0 Å². The number of carbonyl (C=O) groups is 12. The van der Waals surface area contributed by atoms with Crippen molar-refractivity contribution in [2.24, 2.45) is 5.41 Å². The fourth-order valence-corrected chi connectivity index (χ4v) is 18.0. The fraction of sp³-hybridized carbons (Fsp3) is 0.363. The molecule has 0 aliphatic carbocycles. The van der Waals surface area contributed by atoms with Gasteiger partial charge >= 0.3 is 24.4 Å². The number of rotatable bonds is 22. The third kappa shape index (κ3) is 29.3. The summed E-state index contributed by atoms with van der Waals surface area (Å²) >= 11 is 0. The minimum Gasteiger partial charge on any atom is -0.447 e. The van der Waals surface area contributed by atoms with Crippen molar-refractivity contribution >= 4 is 117 Å². The van der Waals surface area contributed by atoms with Crippen LogP contribution in [0.1, 0.15) is 235 Å². The molecular formula is C113H134N12O16. The third-order valence-electron chi connectivity index (χ3n) is 24.2. The molecule has 4 heterocycles. The van der Waals surface area contributed by atoms with Crippen molar-refractivity contribution in [3.63, 3.8) is 0 Å². The number of amides is 12. The molecule has 10 aromatic carbocycles. The zero-order valence-electron chi connectivity index (χ0n) is 84.3. The molecule has 28 nitrogen and oxygen atoms in total. The molecule has 0 saturated heterocycles. The molecule has 8 N–H and O–H groups in total. The number of alkyl carbamates (subject to hydrolysis) is 4. The van der Waals surface area contributed by atoms with Gasteiger partial charge < -0.3 is 81.1 Å². The second-order valence-corrected chi connectivity index (χ2v) is 38.3. The van der Waals surface area contributed by atoms with Crippen molar-refractivity contribution in [2.45, 2.75) is 263 Å². The lowest BCUT2D eigenvalue weighted by molar-refractivity contribution is -0.123. The SMILES string of the molecule is CC(=O)N1c2ccc(-c3cccc(NC(=O)C(C)(C)C)c3)cc2[C@H](NC(=O)OC(C)C)C[C@@H]1C.CC(=O)N1c2ccc(-c3cccc(NC(=O)CCc4ccccc4)c3)cc2[C@H](NC(=O)OC(C)C)C[C@@H]1C.CC(=O)N1c2ccc(-c3cccc(NC(=O)Cc4ccccc4)c3)cc2[C@H](NC(=O)OC(C)C)C[C@@H]1C.CCC(=O)Nc1cccc(-c2ccc3c(c2)[C@H](NC(=O)OC(C)C)C[C@H](C)N3C(C)=O)c1. The summed E-state index contributed by atoms with van der Waals surface area (Å²) in [5.41, 5.74) is 18.3. The van der Waals surface area contributed by atoms with Gasteiger partial charge in [-0.05, 0) is 290 Å². The van der Waals surface area contributed by atoms with Crippen LogP contribution in [0.3, 0.4) is 0 Å². The molecule has 8 atom stereocenters. The number of carbonyl (C=O) groups excluding carboxylic acids is 12. The van der Waals surface area contributed by atoms with E-state index < -0.39 is 29.8 Å². The predicted molar refractivity (Wildman–Crippen MR) is 556 cm³/mol. The number of benzene rings is 10. The zero-order valence-corrected chi connectivity index (χ0v) is 84.3. The van der Waals surface area contributed by atoms with Crippen LogP contribution in [-0.2, 0) is 70.1 Å². The van der Waals surface area contributed by atoms with E-state index in [-0.39, 0.29) is 120 Å². The number of nitrogens with one attached hydrogen (secondary N) is 8. The van der Waals surface area contributed by atoms with Gasteiger partial charge in [-0.2, -0.15) is 0 Å². The first-order chi connectivity index (χ1) is 67.0. The van der Waals surface area contributed by atoms with Crippen molar-refractivity contribution in [3.05, 3.63) is 264 Å². The summed E-state index contributed by atoms with van der Waals surface area (Å²) in [5.74, 6) is -0.428. The summed E-state index contributed by atoms with van der Waals surface area (Å²) in [6.07, 6.45) is 1.21. The maximum atomic E-state index is 12.6. The van der Waals surface area contributed by atoms with Gasteiger partial charge in [-0.15, -0.1) is 0 Å². The van der Waals surface area contributed by atoms with Gasteiger partial charge in [0.25, 0.3) is 0 Å². The van der Waals surface area contributed by atoms with Crippen LogP contribution in [0, 0.1) is 5.41 Å². The lowest BCUT2D eigenvalue weighted by Crippen LogP contribution is -2.45. The average molecular weight is 1920 g/mol. The van der Waals surface area contributed by atoms with Crippen molar-refractivity contribution < 1.29 is 76.5 Å². The monoisotopic (exact) mass is 1920 g/mol. The molecule has 0 radical (unpaired) electrons. The Balaban J connectivity index is 0.000000180. The number of hydrogen-bond acceptors (Lipinski definition) is 16. The topological polar surface area (TPSA) is 351 Å². The van der Waals surface area contributed by atoms with E-state index in [1.54, 1.807) is 103 Å². The molecule has 0 saturated carbocycles. The van der Waals surface area contributed by atoms with Crippen LogP contribution in [0.5, 0.6) is 0 Å². The Morgan fingerprint density at radius 3 is 0.830 bits per heavy atom. The van der Waals surface area contributed by atoms with Gasteiger partial charge in [0.1, 0.15) is 0 Å². The molecule has 141 heavy (non-hydrogen) atoms. The summed E-state index contributed by atoms with van der Waals surface area (Å²) in [5, 5.41) is 23.7. The van der Waals surface area contributed by atoms with E-state index in [2.05, 4.69) is 42.5 Å². The molecule has 0 fully saturated rings. The molecule has 4 aliphatic rings. The zero-order chi connectivity index (χ0) is 102. The number of hydrogen-bond donors (Lipinski definition) is 8. The first-order valence-electron chi connectivity index (χ1n) is 48.3. The highest BCUT2D eigenvalue weighted by Crippen LogP contribution is 2.46. The highest BCUT2D eigenvalue weighted by molar-refractivity contribution is 6.00. The number of nitrogens with zero attached hydrogens (tertiary/aromatic N) is 4. The average Bonchev–Trinajstić information content (AvgIpc) is 0.781. The fourth-order valence-electron chi connectivity index (χ4n) is 18.0. The van der Waals surface area contributed by atoms with Gasteiger partial charge in [0.15, 0.2) is 0 Å². The maximum absolute atomic E-state index is 12.6. The van der Waals surface area contributed by atoms with Gasteiger partial charge in [-0.1, -0.05) is 161 Å². The van der Waals surface area contributed by atoms with E-state index in [1.165, 1.54) is 0 Å². The predicted octanol–water partition coefficient (Wildman–Crippen LogP) is 22.8. The first-order valence-corrected chi connectivity index (χ1v) is 48.3. The molecule has 12 amide bonds.